The van der Waals surface area contributed by atoms with E-state index in [0.717, 1.165) is 15.9 Å². The maximum atomic E-state index is 9.38. The van der Waals surface area contributed by atoms with Gasteiger partial charge in [0.25, 0.3) is 0 Å². The lowest BCUT2D eigenvalue weighted by molar-refractivity contribution is 0.202. The summed E-state index contributed by atoms with van der Waals surface area (Å²) in [5.74, 6) is 0.670. The molecule has 0 aliphatic carbocycles. The Morgan fingerprint density at radius 2 is 2.11 bits per heavy atom. The molecule has 0 aliphatic rings. The van der Waals surface area contributed by atoms with Crippen LogP contribution in [0.1, 0.15) is 11.6 Å². The van der Waals surface area contributed by atoms with Crippen LogP contribution in [0.5, 0.6) is 5.75 Å². The molecule has 1 heterocycles. The van der Waals surface area contributed by atoms with Crippen LogP contribution in [0, 0.1) is 0 Å². The number of hydrogen-bond donors (Lipinski definition) is 1. The lowest BCUT2D eigenvalue weighted by atomic mass is 10.1. The van der Waals surface area contributed by atoms with Gasteiger partial charge in [0.1, 0.15) is 5.75 Å². The number of aliphatic hydroxyl groups excluding tert-OH is 1. The first-order chi connectivity index (χ1) is 8.79. The number of hydrogen-bond acceptors (Lipinski definition) is 3. The topological polar surface area (TPSA) is 42.4 Å². The number of aromatic nitrogens is 1. The van der Waals surface area contributed by atoms with Crippen LogP contribution in [0.25, 0.3) is 0 Å². The van der Waals surface area contributed by atoms with E-state index in [0.29, 0.717) is 6.61 Å². The van der Waals surface area contributed by atoms with E-state index in [2.05, 4.69) is 20.9 Å². The smallest absolute Gasteiger partial charge is 0.120 e. The van der Waals surface area contributed by atoms with Crippen molar-refractivity contribution in [1.82, 2.24) is 4.98 Å². The fraction of sp³-hybridized carbons (Fsp3) is 0.214. The second-order valence-electron chi connectivity index (χ2n) is 3.90. The van der Waals surface area contributed by atoms with E-state index in [1.165, 1.54) is 0 Å². The van der Waals surface area contributed by atoms with Gasteiger partial charge in [-0.2, -0.15) is 0 Å². The highest BCUT2D eigenvalue weighted by Gasteiger charge is 2.12. The van der Waals surface area contributed by atoms with Crippen molar-refractivity contribution in [2.24, 2.45) is 0 Å². The van der Waals surface area contributed by atoms with Crippen LogP contribution in [0.4, 0.5) is 0 Å². The molecule has 94 valence electrons. The first-order valence-corrected chi connectivity index (χ1v) is 6.49. The van der Waals surface area contributed by atoms with Gasteiger partial charge in [-0.25, -0.2) is 0 Å². The number of pyridine rings is 1. The minimum atomic E-state index is -0.106. The number of aliphatic hydroxyl groups is 1. The summed E-state index contributed by atoms with van der Waals surface area (Å²) in [5, 5.41) is 9.38. The summed E-state index contributed by atoms with van der Waals surface area (Å²) < 4.78 is 6.63. The van der Waals surface area contributed by atoms with E-state index >= 15 is 0 Å². The highest BCUT2D eigenvalue weighted by atomic mass is 79.9. The zero-order valence-corrected chi connectivity index (χ0v) is 11.4. The largest absolute Gasteiger partial charge is 0.493 e. The van der Waals surface area contributed by atoms with Gasteiger partial charge in [0, 0.05) is 16.4 Å². The first-order valence-electron chi connectivity index (χ1n) is 5.70. The fourth-order valence-corrected chi connectivity index (χ4v) is 1.98. The third-order valence-electron chi connectivity index (χ3n) is 2.57. The van der Waals surface area contributed by atoms with Crippen molar-refractivity contribution < 1.29 is 9.84 Å². The molecule has 0 radical (unpaired) electrons. The van der Waals surface area contributed by atoms with Crippen molar-refractivity contribution in [3.05, 3.63) is 58.8 Å². The Hall–Kier alpha value is -1.39. The second kappa shape index (κ2) is 6.52. The van der Waals surface area contributed by atoms with Crippen LogP contribution in [0.2, 0.25) is 0 Å². The molecule has 1 aromatic carbocycles. The van der Waals surface area contributed by atoms with Gasteiger partial charge in [-0.3, -0.25) is 4.98 Å². The van der Waals surface area contributed by atoms with Crippen molar-refractivity contribution in [3.8, 4) is 5.75 Å². The third kappa shape index (κ3) is 3.55. The van der Waals surface area contributed by atoms with Crippen LogP contribution in [-0.4, -0.2) is 23.3 Å². The van der Waals surface area contributed by atoms with Gasteiger partial charge in [-0.05, 0) is 30.3 Å². The number of halogens is 1. The zero-order chi connectivity index (χ0) is 12.8. The summed E-state index contributed by atoms with van der Waals surface area (Å²) in [5.41, 5.74) is 0.843. The monoisotopic (exact) mass is 307 g/mol. The van der Waals surface area contributed by atoms with E-state index in [9.17, 15) is 5.11 Å². The summed E-state index contributed by atoms with van der Waals surface area (Å²) in [6, 6.07) is 13.3. The van der Waals surface area contributed by atoms with Crippen molar-refractivity contribution in [2.75, 3.05) is 13.2 Å². The Balaban J connectivity index is 2.00. The van der Waals surface area contributed by atoms with Gasteiger partial charge in [0.2, 0.25) is 0 Å². The lowest BCUT2D eigenvalue weighted by Crippen LogP contribution is -2.15. The Labute approximate surface area is 115 Å². The number of ether oxygens (including phenoxy) is 1. The van der Waals surface area contributed by atoms with Crippen molar-refractivity contribution in [1.29, 1.82) is 0 Å². The standard InChI is InChI=1S/C14H14BrNO2/c15-12-4-3-5-13(8-12)18-10-11(9-17)14-6-1-2-7-16-14/h1-8,11,17H,9-10H2. The Bertz CT molecular complexity index is 490. The highest BCUT2D eigenvalue weighted by Crippen LogP contribution is 2.20. The van der Waals surface area contributed by atoms with E-state index in [1.807, 2.05) is 42.5 Å². The van der Waals surface area contributed by atoms with Gasteiger partial charge in [0.05, 0.1) is 19.1 Å². The molecule has 1 aromatic heterocycles. The van der Waals surface area contributed by atoms with Crippen LogP contribution < -0.4 is 4.74 Å². The van der Waals surface area contributed by atoms with E-state index < -0.39 is 0 Å². The Morgan fingerprint density at radius 1 is 1.22 bits per heavy atom. The normalized spacial score (nSPS) is 12.1. The van der Waals surface area contributed by atoms with Gasteiger partial charge in [-0.1, -0.05) is 28.1 Å². The summed E-state index contributed by atoms with van der Waals surface area (Å²) in [4.78, 5) is 4.23. The van der Waals surface area contributed by atoms with Crippen LogP contribution >= 0.6 is 15.9 Å². The Morgan fingerprint density at radius 3 is 2.78 bits per heavy atom. The van der Waals surface area contributed by atoms with E-state index in [4.69, 9.17) is 4.74 Å². The lowest BCUT2D eigenvalue weighted by Gasteiger charge is -2.14. The van der Waals surface area contributed by atoms with Gasteiger partial charge in [-0.15, -0.1) is 0 Å². The molecule has 0 spiro atoms. The molecular weight excluding hydrogens is 294 g/mol. The van der Waals surface area contributed by atoms with Crippen LogP contribution in [-0.2, 0) is 0 Å². The molecule has 0 amide bonds. The SMILES string of the molecule is OCC(COc1cccc(Br)c1)c1ccccn1. The van der Waals surface area contributed by atoms with Gasteiger partial charge >= 0.3 is 0 Å². The van der Waals surface area contributed by atoms with Gasteiger partial charge in [0.15, 0.2) is 0 Å². The minimum Gasteiger partial charge on any atom is -0.493 e. The average Bonchev–Trinajstić information content (AvgIpc) is 2.41. The predicted molar refractivity (Wildman–Crippen MR) is 73.7 cm³/mol. The van der Waals surface area contributed by atoms with Crippen molar-refractivity contribution >= 4 is 15.9 Å². The Kier molecular flexibility index (Phi) is 4.73. The van der Waals surface area contributed by atoms with E-state index in [-0.39, 0.29) is 12.5 Å². The summed E-state index contributed by atoms with van der Waals surface area (Å²) in [7, 11) is 0. The maximum absolute atomic E-state index is 9.38. The molecule has 1 N–H and O–H groups in total. The molecule has 0 saturated heterocycles. The fourth-order valence-electron chi connectivity index (χ4n) is 1.60. The summed E-state index contributed by atoms with van der Waals surface area (Å²) >= 11 is 3.39. The van der Waals surface area contributed by atoms with Gasteiger partial charge < -0.3 is 9.84 Å². The molecule has 0 bridgehead atoms. The minimum absolute atomic E-state index is 0.0189. The first kappa shape index (κ1) is 13.1. The van der Waals surface area contributed by atoms with Crippen molar-refractivity contribution in [3.63, 3.8) is 0 Å². The number of benzene rings is 1. The van der Waals surface area contributed by atoms with E-state index in [1.54, 1.807) is 6.20 Å². The molecule has 18 heavy (non-hydrogen) atoms. The third-order valence-corrected chi connectivity index (χ3v) is 3.07. The molecular formula is C14H14BrNO2. The predicted octanol–water partition coefficient (Wildman–Crippen LogP) is 3.00. The highest BCUT2D eigenvalue weighted by molar-refractivity contribution is 9.10. The van der Waals surface area contributed by atoms with Crippen molar-refractivity contribution in [2.45, 2.75) is 5.92 Å². The zero-order valence-electron chi connectivity index (χ0n) is 9.79. The molecule has 0 saturated carbocycles. The quantitative estimate of drug-likeness (QED) is 0.923. The molecule has 0 fully saturated rings. The average molecular weight is 308 g/mol. The molecule has 4 heteroatoms. The molecule has 1 unspecified atom stereocenters. The molecule has 1 atom stereocenters. The maximum Gasteiger partial charge on any atom is 0.120 e. The molecule has 3 nitrogen and oxygen atoms in total. The van der Waals surface area contributed by atoms with Crippen LogP contribution in [0.15, 0.2) is 53.1 Å². The molecule has 2 rings (SSSR count). The summed E-state index contributed by atoms with van der Waals surface area (Å²) in [6.07, 6.45) is 1.72. The second-order valence-corrected chi connectivity index (χ2v) is 4.82. The molecule has 0 aliphatic heterocycles. The summed E-state index contributed by atoms with van der Waals surface area (Å²) in [6.45, 7) is 0.426. The number of rotatable bonds is 5. The molecule has 2 aromatic rings. The van der Waals surface area contributed by atoms with Crippen LogP contribution in [0.3, 0.4) is 0 Å². The number of nitrogens with zero attached hydrogens (tertiary/aromatic N) is 1.